The highest BCUT2D eigenvalue weighted by Gasteiger charge is 2.36. The second-order valence-corrected chi connectivity index (χ2v) is 6.10. The number of carbonyl (C=O) groups is 1. The van der Waals surface area contributed by atoms with Crippen LogP contribution in [-0.4, -0.2) is 42.3 Å². The van der Waals surface area contributed by atoms with Crippen molar-refractivity contribution in [3.8, 4) is 0 Å². The molecule has 114 valence electrons. The Hall–Kier alpha value is -1.81. The first-order valence-corrected chi connectivity index (χ1v) is 7.35. The number of rotatable bonds is 4. The predicted octanol–water partition coefficient (Wildman–Crippen LogP) is 2.60. The molecule has 1 aliphatic heterocycles. The van der Waals surface area contributed by atoms with Crippen molar-refractivity contribution < 1.29 is 9.53 Å². The molecule has 2 rings (SSSR count). The Bertz CT molecular complexity index is 485. The number of ether oxygens (including phenoxy) is 1. The largest absolute Gasteiger partial charge is 0.445 e. The lowest BCUT2D eigenvalue weighted by molar-refractivity contribution is 0.0603. The van der Waals surface area contributed by atoms with E-state index in [9.17, 15) is 4.79 Å². The van der Waals surface area contributed by atoms with Gasteiger partial charge in [0.1, 0.15) is 6.61 Å². The molecule has 0 radical (unpaired) electrons. The lowest BCUT2D eigenvalue weighted by atomic mass is 9.95. The molecule has 0 aliphatic carbocycles. The Labute approximate surface area is 126 Å². The minimum Gasteiger partial charge on any atom is -0.445 e. The summed E-state index contributed by atoms with van der Waals surface area (Å²) >= 11 is 0. The van der Waals surface area contributed by atoms with Gasteiger partial charge in [0.2, 0.25) is 0 Å². The van der Waals surface area contributed by atoms with Crippen LogP contribution >= 0.6 is 0 Å². The number of hydrogen-bond acceptors (Lipinski definition) is 3. The van der Waals surface area contributed by atoms with Crippen LogP contribution in [-0.2, 0) is 11.2 Å². The molecule has 1 aliphatic rings. The molecule has 0 bridgehead atoms. The third kappa shape index (κ3) is 4.33. The van der Waals surface area contributed by atoms with Gasteiger partial charge in [-0.05, 0) is 25.8 Å². The molecular formula is C17H24N2O2. The number of nitrogens with one attached hydrogen (secondary N) is 1. The van der Waals surface area contributed by atoms with E-state index >= 15 is 0 Å². The van der Waals surface area contributed by atoms with Gasteiger partial charge < -0.3 is 15.0 Å². The smallest absolute Gasteiger partial charge is 0.410 e. The summed E-state index contributed by atoms with van der Waals surface area (Å²) < 4.78 is 5.23. The normalized spacial score (nSPS) is 20.9. The van der Waals surface area contributed by atoms with Crippen molar-refractivity contribution in [2.24, 2.45) is 0 Å². The molecular weight excluding hydrogens is 264 g/mol. The summed E-state index contributed by atoms with van der Waals surface area (Å²) in [5.74, 6) is 0. The Balaban J connectivity index is 2.09. The molecule has 0 saturated carbocycles. The van der Waals surface area contributed by atoms with Crippen LogP contribution in [0.25, 0.3) is 0 Å². The van der Waals surface area contributed by atoms with E-state index in [4.69, 9.17) is 4.74 Å². The van der Waals surface area contributed by atoms with Crippen LogP contribution in [0.15, 0.2) is 43.0 Å². The summed E-state index contributed by atoms with van der Waals surface area (Å²) in [4.78, 5) is 14.1. The van der Waals surface area contributed by atoms with E-state index in [-0.39, 0.29) is 24.3 Å². The maximum Gasteiger partial charge on any atom is 0.410 e. The van der Waals surface area contributed by atoms with Crippen molar-refractivity contribution in [1.82, 2.24) is 10.2 Å². The molecule has 1 N–H and O–H groups in total. The van der Waals surface area contributed by atoms with Gasteiger partial charge in [0.15, 0.2) is 0 Å². The molecule has 4 nitrogen and oxygen atoms in total. The van der Waals surface area contributed by atoms with Crippen LogP contribution in [0.5, 0.6) is 0 Å². The fourth-order valence-corrected chi connectivity index (χ4v) is 2.61. The zero-order chi connectivity index (χ0) is 15.3. The second kappa shape index (κ2) is 6.76. The third-order valence-corrected chi connectivity index (χ3v) is 3.70. The molecule has 4 heteroatoms. The monoisotopic (exact) mass is 288 g/mol. The lowest BCUT2D eigenvalue weighted by Crippen LogP contribution is -2.63. The molecule has 1 amide bonds. The van der Waals surface area contributed by atoms with E-state index in [0.29, 0.717) is 6.54 Å². The zero-order valence-corrected chi connectivity index (χ0v) is 12.8. The standard InChI is InChI=1S/C17H24N2O2/c1-4-10-21-16(20)19-13-17(2,3)18-12-15(19)11-14-8-6-5-7-9-14/h4-9,15,18H,1,10-13H2,2-3H3. The highest BCUT2D eigenvalue weighted by molar-refractivity contribution is 5.68. The predicted molar refractivity (Wildman–Crippen MR) is 84.3 cm³/mol. The van der Waals surface area contributed by atoms with Gasteiger partial charge in [0, 0.05) is 18.6 Å². The fraction of sp³-hybridized carbons (Fsp3) is 0.471. The average Bonchev–Trinajstić information content (AvgIpc) is 2.47. The Kier molecular flexibility index (Phi) is 5.02. The Morgan fingerprint density at radius 2 is 2.19 bits per heavy atom. The summed E-state index contributed by atoms with van der Waals surface area (Å²) in [6.07, 6.45) is 2.16. The first-order chi connectivity index (χ1) is 10.0. The number of hydrogen-bond donors (Lipinski definition) is 1. The van der Waals surface area contributed by atoms with E-state index in [2.05, 4.69) is 37.9 Å². The molecule has 1 aromatic rings. The van der Waals surface area contributed by atoms with Crippen LogP contribution in [0.4, 0.5) is 4.79 Å². The molecule has 1 unspecified atom stereocenters. The summed E-state index contributed by atoms with van der Waals surface area (Å²) in [7, 11) is 0. The average molecular weight is 288 g/mol. The molecule has 1 atom stereocenters. The van der Waals surface area contributed by atoms with Gasteiger partial charge in [0.25, 0.3) is 0 Å². The lowest BCUT2D eigenvalue weighted by Gasteiger charge is -2.44. The van der Waals surface area contributed by atoms with E-state index in [1.165, 1.54) is 5.56 Å². The summed E-state index contributed by atoms with van der Waals surface area (Å²) in [6.45, 7) is 9.44. The summed E-state index contributed by atoms with van der Waals surface area (Å²) in [5, 5.41) is 3.50. The van der Waals surface area contributed by atoms with Crippen molar-refractivity contribution in [2.75, 3.05) is 19.7 Å². The highest BCUT2D eigenvalue weighted by atomic mass is 16.6. The van der Waals surface area contributed by atoms with Gasteiger partial charge in [0.05, 0.1) is 6.04 Å². The molecule has 21 heavy (non-hydrogen) atoms. The second-order valence-electron chi connectivity index (χ2n) is 6.10. The highest BCUT2D eigenvalue weighted by Crippen LogP contribution is 2.19. The quantitative estimate of drug-likeness (QED) is 0.866. The Morgan fingerprint density at radius 1 is 1.48 bits per heavy atom. The fourth-order valence-electron chi connectivity index (χ4n) is 2.61. The molecule has 1 saturated heterocycles. The number of carbonyl (C=O) groups excluding carboxylic acids is 1. The first-order valence-electron chi connectivity index (χ1n) is 7.35. The van der Waals surface area contributed by atoms with Crippen LogP contribution in [0.1, 0.15) is 19.4 Å². The maximum atomic E-state index is 12.3. The van der Waals surface area contributed by atoms with Gasteiger partial charge in [-0.2, -0.15) is 0 Å². The molecule has 1 fully saturated rings. The van der Waals surface area contributed by atoms with E-state index in [1.54, 1.807) is 6.08 Å². The van der Waals surface area contributed by atoms with Crippen LogP contribution < -0.4 is 5.32 Å². The van der Waals surface area contributed by atoms with Gasteiger partial charge in [-0.25, -0.2) is 4.79 Å². The van der Waals surface area contributed by atoms with Gasteiger partial charge in [-0.3, -0.25) is 0 Å². The Morgan fingerprint density at radius 3 is 2.86 bits per heavy atom. The minimum absolute atomic E-state index is 0.0968. The number of benzene rings is 1. The van der Waals surface area contributed by atoms with E-state index in [0.717, 1.165) is 13.0 Å². The summed E-state index contributed by atoms with van der Waals surface area (Å²) in [6, 6.07) is 10.3. The van der Waals surface area contributed by atoms with Crippen molar-refractivity contribution in [1.29, 1.82) is 0 Å². The zero-order valence-electron chi connectivity index (χ0n) is 12.8. The molecule has 1 heterocycles. The van der Waals surface area contributed by atoms with Gasteiger partial charge in [-0.1, -0.05) is 43.0 Å². The topological polar surface area (TPSA) is 41.6 Å². The van der Waals surface area contributed by atoms with Crippen molar-refractivity contribution in [3.63, 3.8) is 0 Å². The summed E-state index contributed by atoms with van der Waals surface area (Å²) in [5.41, 5.74) is 1.13. The molecule has 0 aromatic heterocycles. The SMILES string of the molecule is C=CCOC(=O)N1CC(C)(C)NCC1Cc1ccccc1. The van der Waals surface area contributed by atoms with E-state index in [1.807, 2.05) is 23.1 Å². The molecule has 1 aromatic carbocycles. The van der Waals surface area contributed by atoms with Crippen molar-refractivity contribution in [2.45, 2.75) is 31.8 Å². The maximum absolute atomic E-state index is 12.3. The number of amides is 1. The van der Waals surface area contributed by atoms with E-state index < -0.39 is 0 Å². The van der Waals surface area contributed by atoms with Crippen LogP contribution in [0.2, 0.25) is 0 Å². The van der Waals surface area contributed by atoms with Crippen LogP contribution in [0, 0.1) is 0 Å². The van der Waals surface area contributed by atoms with Crippen LogP contribution in [0.3, 0.4) is 0 Å². The number of piperazine rings is 1. The van der Waals surface area contributed by atoms with Crippen molar-refractivity contribution >= 4 is 6.09 Å². The first kappa shape index (κ1) is 15.6. The number of nitrogens with zero attached hydrogens (tertiary/aromatic N) is 1. The minimum atomic E-state index is -0.259. The van der Waals surface area contributed by atoms with Gasteiger partial charge in [-0.15, -0.1) is 0 Å². The van der Waals surface area contributed by atoms with Gasteiger partial charge >= 0.3 is 6.09 Å². The third-order valence-electron chi connectivity index (χ3n) is 3.70. The molecule has 0 spiro atoms. The van der Waals surface area contributed by atoms with Crippen molar-refractivity contribution in [3.05, 3.63) is 48.6 Å².